The van der Waals surface area contributed by atoms with Gasteiger partial charge in [-0.1, -0.05) is 12.1 Å². The molecule has 0 aliphatic carbocycles. The van der Waals surface area contributed by atoms with Gasteiger partial charge in [-0.05, 0) is 42.5 Å². The minimum atomic E-state index is -1.55. The van der Waals surface area contributed by atoms with E-state index in [4.69, 9.17) is 10.8 Å². The van der Waals surface area contributed by atoms with E-state index in [0.29, 0.717) is 23.9 Å². The van der Waals surface area contributed by atoms with Gasteiger partial charge in [0, 0.05) is 18.2 Å². The van der Waals surface area contributed by atoms with Crippen LogP contribution in [0.5, 0.6) is 0 Å². The van der Waals surface area contributed by atoms with Crippen LogP contribution in [0.4, 0.5) is 5.95 Å². The number of anilines is 1. The summed E-state index contributed by atoms with van der Waals surface area (Å²) in [5, 5.41) is 22.5. The minimum absolute atomic E-state index is 0.0312. The number of carboxylic acid groups (broad SMARTS) is 2. The maximum absolute atomic E-state index is 12.3. The lowest BCUT2D eigenvalue weighted by molar-refractivity contribution is -0.308. The Kier molecular flexibility index (Phi) is 6.34. The van der Waals surface area contributed by atoms with Crippen LogP contribution in [-0.2, 0) is 22.4 Å². The zero-order chi connectivity index (χ0) is 22.5. The van der Waals surface area contributed by atoms with Crippen molar-refractivity contribution >= 4 is 34.8 Å². The maximum Gasteiger partial charge on any atom is 0.303 e. The fourth-order valence-corrected chi connectivity index (χ4v) is 3.18. The number of nitrogens with zero attached hydrogens (tertiary/aromatic N) is 1. The Balaban J connectivity index is 1.64. The number of rotatable bonds is 9. The number of hydrogen-bond acceptors (Lipinski definition) is 7. The second-order valence-corrected chi connectivity index (χ2v) is 6.96. The Labute approximate surface area is 175 Å². The van der Waals surface area contributed by atoms with Gasteiger partial charge in [0.2, 0.25) is 5.95 Å². The first kappa shape index (κ1) is 21.6. The molecule has 31 heavy (non-hydrogen) atoms. The molecular formula is C20H20N5O6-. The van der Waals surface area contributed by atoms with E-state index in [2.05, 4.69) is 20.3 Å². The summed E-state index contributed by atoms with van der Waals surface area (Å²) in [5.74, 6) is -3.32. The first-order valence-electron chi connectivity index (χ1n) is 9.43. The van der Waals surface area contributed by atoms with Crippen molar-refractivity contribution in [1.29, 1.82) is 0 Å². The predicted molar refractivity (Wildman–Crippen MR) is 108 cm³/mol. The second-order valence-electron chi connectivity index (χ2n) is 6.96. The summed E-state index contributed by atoms with van der Waals surface area (Å²) in [6.07, 6.45) is 2.15. The number of carboxylic acids is 2. The molecule has 162 valence electrons. The molecule has 1 amide bonds. The third-order valence-electron chi connectivity index (χ3n) is 4.78. The summed E-state index contributed by atoms with van der Waals surface area (Å²) in [7, 11) is 0. The number of aliphatic carboxylic acids is 2. The van der Waals surface area contributed by atoms with Crippen LogP contribution in [0.2, 0.25) is 0 Å². The number of fused-ring (bicyclic) bond motifs is 1. The Morgan fingerprint density at radius 2 is 1.90 bits per heavy atom. The van der Waals surface area contributed by atoms with Crippen molar-refractivity contribution in [2.75, 3.05) is 5.73 Å². The standard InChI is InChI=1S/C20H21N5O6/c21-20-24-16-15(18(29)25-20)12(9-22-16)6-3-10-1-4-11(5-2-10)17(28)23-13(19(30)31)7-8-14(26)27/h1-2,4-5,9,13H,3,6-8H2,(H,23,28)(H,26,27)(H,30,31)(H4,21,22,24,25,29)/p-1/t13-/m0/s1. The second kappa shape index (κ2) is 9.11. The highest BCUT2D eigenvalue weighted by Gasteiger charge is 2.16. The van der Waals surface area contributed by atoms with Gasteiger partial charge in [-0.25, -0.2) is 0 Å². The van der Waals surface area contributed by atoms with Crippen molar-refractivity contribution in [2.45, 2.75) is 31.7 Å². The number of nitrogen functional groups attached to an aromatic ring is 1. The van der Waals surface area contributed by atoms with Crippen LogP contribution < -0.4 is 21.7 Å². The topological polar surface area (TPSA) is 194 Å². The van der Waals surface area contributed by atoms with Gasteiger partial charge in [0.25, 0.3) is 11.5 Å². The zero-order valence-electron chi connectivity index (χ0n) is 16.3. The van der Waals surface area contributed by atoms with Crippen molar-refractivity contribution in [3.63, 3.8) is 0 Å². The smallest absolute Gasteiger partial charge is 0.303 e. The van der Waals surface area contributed by atoms with Crippen molar-refractivity contribution in [3.8, 4) is 0 Å². The first-order chi connectivity index (χ1) is 14.7. The van der Waals surface area contributed by atoms with Crippen LogP contribution in [0.3, 0.4) is 0 Å². The zero-order valence-corrected chi connectivity index (χ0v) is 16.3. The van der Waals surface area contributed by atoms with Gasteiger partial charge >= 0.3 is 5.97 Å². The lowest BCUT2D eigenvalue weighted by atomic mass is 10.0. The summed E-state index contributed by atoms with van der Waals surface area (Å²) >= 11 is 0. The van der Waals surface area contributed by atoms with Gasteiger partial charge in [-0.2, -0.15) is 4.98 Å². The molecule has 1 aromatic carbocycles. The molecule has 0 saturated carbocycles. The number of benzene rings is 1. The van der Waals surface area contributed by atoms with Crippen molar-refractivity contribution < 1.29 is 24.6 Å². The van der Waals surface area contributed by atoms with Gasteiger partial charge in [-0.15, -0.1) is 0 Å². The van der Waals surface area contributed by atoms with E-state index in [1.54, 1.807) is 30.5 Å². The molecule has 0 radical (unpaired) electrons. The summed E-state index contributed by atoms with van der Waals surface area (Å²) in [5.41, 5.74) is 7.53. The fourth-order valence-electron chi connectivity index (χ4n) is 3.18. The van der Waals surface area contributed by atoms with Crippen molar-refractivity contribution in [1.82, 2.24) is 20.3 Å². The molecule has 0 spiro atoms. The highest BCUT2D eigenvalue weighted by Crippen LogP contribution is 2.16. The van der Waals surface area contributed by atoms with Gasteiger partial charge in [0.1, 0.15) is 5.65 Å². The summed E-state index contributed by atoms with van der Waals surface area (Å²) < 4.78 is 0. The number of hydrogen-bond donors (Lipinski definition) is 5. The SMILES string of the molecule is Nc1nc2[nH]cc(CCc3ccc(C(=O)N[C@@H](CCC(=O)O)C(=O)[O-])cc3)c2c(=O)[nH]1. The molecule has 3 rings (SSSR count). The molecule has 0 aliphatic rings. The fraction of sp³-hybridized carbons (Fsp3) is 0.250. The predicted octanol–water partition coefficient (Wildman–Crippen LogP) is -0.668. The molecule has 3 aromatic rings. The highest BCUT2D eigenvalue weighted by atomic mass is 16.4. The number of aryl methyl sites for hydroxylation is 2. The molecule has 11 nitrogen and oxygen atoms in total. The molecular weight excluding hydrogens is 406 g/mol. The third-order valence-corrected chi connectivity index (χ3v) is 4.78. The average molecular weight is 426 g/mol. The molecule has 0 bridgehead atoms. The summed E-state index contributed by atoms with van der Waals surface area (Å²) in [4.78, 5) is 55.5. The first-order valence-corrected chi connectivity index (χ1v) is 9.43. The number of carbonyl (C=O) groups is 3. The number of amides is 1. The number of nitrogens with one attached hydrogen (secondary N) is 3. The quantitative estimate of drug-likeness (QED) is 0.297. The van der Waals surface area contributed by atoms with Crippen LogP contribution >= 0.6 is 0 Å². The van der Waals surface area contributed by atoms with E-state index in [1.165, 1.54) is 0 Å². The molecule has 2 aromatic heterocycles. The highest BCUT2D eigenvalue weighted by molar-refractivity contribution is 5.96. The van der Waals surface area contributed by atoms with Gasteiger partial charge in [0.15, 0.2) is 0 Å². The van der Waals surface area contributed by atoms with E-state index in [9.17, 15) is 24.3 Å². The normalized spacial score (nSPS) is 11.9. The van der Waals surface area contributed by atoms with Crippen LogP contribution in [0.1, 0.15) is 34.3 Å². The Bertz CT molecular complexity index is 1180. The van der Waals surface area contributed by atoms with Crippen LogP contribution in [0.25, 0.3) is 11.0 Å². The number of nitrogens with two attached hydrogens (primary N) is 1. The Morgan fingerprint density at radius 3 is 2.55 bits per heavy atom. The van der Waals surface area contributed by atoms with E-state index < -0.39 is 30.3 Å². The lowest BCUT2D eigenvalue weighted by Gasteiger charge is -2.19. The number of aromatic nitrogens is 3. The largest absolute Gasteiger partial charge is 0.548 e. The maximum atomic E-state index is 12.3. The minimum Gasteiger partial charge on any atom is -0.548 e. The van der Waals surface area contributed by atoms with E-state index in [0.717, 1.165) is 11.1 Å². The molecule has 11 heteroatoms. The molecule has 0 fully saturated rings. The number of H-pyrrole nitrogens is 2. The summed E-state index contributed by atoms with van der Waals surface area (Å²) in [6.45, 7) is 0. The van der Waals surface area contributed by atoms with Gasteiger partial charge in [0.05, 0.1) is 17.4 Å². The number of aromatic amines is 2. The van der Waals surface area contributed by atoms with Crippen LogP contribution in [0.15, 0.2) is 35.3 Å². The van der Waals surface area contributed by atoms with Crippen molar-refractivity contribution in [2.24, 2.45) is 0 Å². The molecule has 0 aliphatic heterocycles. The van der Waals surface area contributed by atoms with Crippen molar-refractivity contribution in [3.05, 3.63) is 57.5 Å². The molecule has 0 unspecified atom stereocenters. The Morgan fingerprint density at radius 1 is 1.19 bits per heavy atom. The number of carbonyl (C=O) groups excluding carboxylic acids is 2. The van der Waals surface area contributed by atoms with Gasteiger partial charge in [-0.3, -0.25) is 19.4 Å². The third kappa shape index (κ3) is 5.26. The molecule has 2 heterocycles. The summed E-state index contributed by atoms with van der Waals surface area (Å²) in [6, 6.07) is 5.12. The van der Waals surface area contributed by atoms with Gasteiger partial charge < -0.3 is 31.0 Å². The van der Waals surface area contributed by atoms with Crippen LogP contribution in [-0.4, -0.2) is 43.9 Å². The molecule has 0 saturated heterocycles. The molecule has 1 atom stereocenters. The van der Waals surface area contributed by atoms with E-state index >= 15 is 0 Å². The lowest BCUT2D eigenvalue weighted by Crippen LogP contribution is -2.48. The van der Waals surface area contributed by atoms with Crippen LogP contribution in [0, 0.1) is 0 Å². The van der Waals surface area contributed by atoms with E-state index in [1.807, 2.05) is 0 Å². The Hall–Kier alpha value is -4.15. The van der Waals surface area contributed by atoms with E-state index in [-0.39, 0.29) is 23.5 Å². The average Bonchev–Trinajstić information content (AvgIpc) is 3.12. The monoisotopic (exact) mass is 426 g/mol. The molecule has 6 N–H and O–H groups in total.